The lowest BCUT2D eigenvalue weighted by molar-refractivity contribution is 0.0664. The Hall–Kier alpha value is -2.25. The van der Waals surface area contributed by atoms with Crippen LogP contribution in [0.15, 0.2) is 41.2 Å². The number of aromatic nitrogens is 1. The number of hydrogen-bond donors (Lipinski definition) is 1. The standard InChI is InChI=1S/C18H19N3O3S/c22-11-18-9-20(16(23)13-4-2-1-3-5-13)6-14(18)7-21(10-18)17(24)15-8-25-12-19-15/h1-5,8,12,14,22H,6-7,9-11H2/t14-,18+/m1/s1. The number of thiazole rings is 1. The number of benzene rings is 1. The van der Waals surface area contributed by atoms with Gasteiger partial charge in [0.1, 0.15) is 5.69 Å². The van der Waals surface area contributed by atoms with Crippen molar-refractivity contribution in [2.45, 2.75) is 0 Å². The second kappa shape index (κ2) is 6.24. The van der Waals surface area contributed by atoms with E-state index in [-0.39, 0.29) is 24.3 Å². The highest BCUT2D eigenvalue weighted by molar-refractivity contribution is 7.07. The first-order valence-corrected chi connectivity index (χ1v) is 9.20. The van der Waals surface area contributed by atoms with Crippen molar-refractivity contribution in [3.8, 4) is 0 Å². The summed E-state index contributed by atoms with van der Waals surface area (Å²) in [6.07, 6.45) is 0. The molecule has 2 aliphatic heterocycles. The van der Waals surface area contributed by atoms with Gasteiger partial charge in [-0.2, -0.15) is 0 Å². The van der Waals surface area contributed by atoms with E-state index in [1.807, 2.05) is 18.2 Å². The van der Waals surface area contributed by atoms with Crippen LogP contribution in [0.5, 0.6) is 0 Å². The molecule has 4 rings (SSSR count). The van der Waals surface area contributed by atoms with Gasteiger partial charge in [0.25, 0.3) is 11.8 Å². The Balaban J connectivity index is 1.50. The van der Waals surface area contributed by atoms with E-state index in [0.717, 1.165) is 0 Å². The Labute approximate surface area is 149 Å². The van der Waals surface area contributed by atoms with Crippen LogP contribution in [0.25, 0.3) is 0 Å². The molecule has 0 radical (unpaired) electrons. The van der Waals surface area contributed by atoms with Crippen LogP contribution in [0.3, 0.4) is 0 Å². The van der Waals surface area contributed by atoms with E-state index in [2.05, 4.69) is 4.98 Å². The van der Waals surface area contributed by atoms with Crippen LogP contribution in [-0.4, -0.2) is 64.5 Å². The van der Waals surface area contributed by atoms with Crippen molar-refractivity contribution in [1.82, 2.24) is 14.8 Å². The van der Waals surface area contributed by atoms with Crippen LogP contribution in [0, 0.1) is 11.3 Å². The normalized spacial score (nSPS) is 25.2. The molecule has 1 aromatic heterocycles. The van der Waals surface area contributed by atoms with Crippen molar-refractivity contribution in [3.05, 3.63) is 52.5 Å². The number of aliphatic hydroxyl groups is 1. The molecule has 1 aromatic carbocycles. The smallest absolute Gasteiger partial charge is 0.273 e. The minimum Gasteiger partial charge on any atom is -0.396 e. The van der Waals surface area contributed by atoms with Crippen LogP contribution in [0.2, 0.25) is 0 Å². The molecule has 0 aliphatic carbocycles. The Bertz CT molecular complexity index is 780. The largest absolute Gasteiger partial charge is 0.396 e. The minimum absolute atomic E-state index is 0.0137. The highest BCUT2D eigenvalue weighted by atomic mass is 32.1. The van der Waals surface area contributed by atoms with Gasteiger partial charge in [0.05, 0.1) is 12.1 Å². The van der Waals surface area contributed by atoms with Crippen LogP contribution < -0.4 is 0 Å². The Morgan fingerprint density at radius 2 is 1.84 bits per heavy atom. The van der Waals surface area contributed by atoms with E-state index >= 15 is 0 Å². The number of carbonyl (C=O) groups excluding carboxylic acids is 2. The quantitative estimate of drug-likeness (QED) is 0.900. The van der Waals surface area contributed by atoms with Gasteiger partial charge >= 0.3 is 0 Å². The third-order valence-corrected chi connectivity index (χ3v) is 5.91. The molecule has 2 atom stereocenters. The molecule has 0 bridgehead atoms. The lowest BCUT2D eigenvalue weighted by atomic mass is 9.82. The van der Waals surface area contributed by atoms with E-state index < -0.39 is 5.41 Å². The predicted molar refractivity (Wildman–Crippen MR) is 93.4 cm³/mol. The summed E-state index contributed by atoms with van der Waals surface area (Å²) in [4.78, 5) is 32.9. The average Bonchev–Trinajstić information content (AvgIpc) is 3.35. The van der Waals surface area contributed by atoms with Gasteiger partial charge in [-0.15, -0.1) is 11.3 Å². The van der Waals surface area contributed by atoms with Crippen molar-refractivity contribution in [2.24, 2.45) is 11.3 Å². The van der Waals surface area contributed by atoms with Crippen LogP contribution in [0.4, 0.5) is 0 Å². The summed E-state index contributed by atoms with van der Waals surface area (Å²) in [5, 5.41) is 11.8. The molecule has 2 amide bonds. The maximum absolute atomic E-state index is 12.7. The minimum atomic E-state index is -0.434. The third-order valence-electron chi connectivity index (χ3n) is 5.32. The third kappa shape index (κ3) is 2.73. The van der Waals surface area contributed by atoms with Gasteiger partial charge < -0.3 is 14.9 Å². The molecule has 6 nitrogen and oxygen atoms in total. The highest BCUT2D eigenvalue weighted by Gasteiger charge is 2.54. The molecule has 0 saturated carbocycles. The van der Waals surface area contributed by atoms with Crippen LogP contribution in [0.1, 0.15) is 20.8 Å². The molecule has 3 heterocycles. The lowest BCUT2D eigenvalue weighted by Gasteiger charge is -2.27. The first-order valence-electron chi connectivity index (χ1n) is 8.26. The van der Waals surface area contributed by atoms with Gasteiger partial charge in [-0.05, 0) is 12.1 Å². The molecule has 130 valence electrons. The SMILES string of the molecule is O=C(c1ccccc1)N1C[C@@H]2CN(C(=O)c3cscn3)C[C@]2(CO)C1. The van der Waals surface area contributed by atoms with E-state index in [4.69, 9.17) is 0 Å². The molecule has 1 N–H and O–H groups in total. The first kappa shape index (κ1) is 16.2. The molecule has 2 saturated heterocycles. The molecule has 7 heteroatoms. The molecule has 2 aromatic rings. The van der Waals surface area contributed by atoms with E-state index in [9.17, 15) is 14.7 Å². The molecule has 0 spiro atoms. The molecule has 25 heavy (non-hydrogen) atoms. The summed E-state index contributed by atoms with van der Waals surface area (Å²) in [5.41, 5.74) is 2.32. The number of nitrogens with zero attached hydrogens (tertiary/aromatic N) is 3. The predicted octanol–water partition coefficient (Wildman–Crippen LogP) is 1.35. The van der Waals surface area contributed by atoms with Crippen LogP contribution in [-0.2, 0) is 0 Å². The zero-order chi connectivity index (χ0) is 17.4. The van der Waals surface area contributed by atoms with Gasteiger partial charge in [0.15, 0.2) is 0 Å². The second-order valence-corrected chi connectivity index (χ2v) is 7.55. The fourth-order valence-corrected chi connectivity index (χ4v) is 4.48. The molecule has 2 fully saturated rings. The van der Waals surface area contributed by atoms with Crippen molar-refractivity contribution < 1.29 is 14.7 Å². The summed E-state index contributed by atoms with van der Waals surface area (Å²) in [5.74, 6) is -0.0163. The summed E-state index contributed by atoms with van der Waals surface area (Å²) in [7, 11) is 0. The van der Waals surface area contributed by atoms with Gasteiger partial charge in [-0.1, -0.05) is 18.2 Å². The number of amides is 2. The summed E-state index contributed by atoms with van der Waals surface area (Å²) in [6.45, 7) is 2.02. The van der Waals surface area contributed by atoms with Gasteiger partial charge in [0, 0.05) is 48.5 Å². The van der Waals surface area contributed by atoms with E-state index in [1.165, 1.54) is 11.3 Å². The van der Waals surface area contributed by atoms with Gasteiger partial charge in [-0.3, -0.25) is 9.59 Å². The van der Waals surface area contributed by atoms with E-state index in [1.54, 1.807) is 32.8 Å². The molecular weight excluding hydrogens is 338 g/mol. The summed E-state index contributed by atoms with van der Waals surface area (Å²) < 4.78 is 0. The fraction of sp³-hybridized carbons (Fsp3) is 0.389. The zero-order valence-electron chi connectivity index (χ0n) is 13.7. The topological polar surface area (TPSA) is 73.7 Å². The van der Waals surface area contributed by atoms with Crippen molar-refractivity contribution >= 4 is 23.2 Å². The lowest BCUT2D eigenvalue weighted by Crippen LogP contribution is -2.40. The summed E-state index contributed by atoms with van der Waals surface area (Å²) in [6, 6.07) is 9.19. The van der Waals surface area contributed by atoms with Gasteiger partial charge in [-0.25, -0.2) is 4.98 Å². The first-order chi connectivity index (χ1) is 12.1. The van der Waals surface area contributed by atoms with E-state index in [0.29, 0.717) is 37.4 Å². The van der Waals surface area contributed by atoms with Gasteiger partial charge in [0.2, 0.25) is 0 Å². The second-order valence-electron chi connectivity index (χ2n) is 6.83. The number of hydrogen-bond acceptors (Lipinski definition) is 5. The molecule has 2 aliphatic rings. The van der Waals surface area contributed by atoms with Crippen molar-refractivity contribution in [2.75, 3.05) is 32.8 Å². The number of likely N-dealkylation sites (tertiary alicyclic amines) is 2. The maximum atomic E-state index is 12.7. The number of fused-ring (bicyclic) bond motifs is 1. The highest BCUT2D eigenvalue weighted by Crippen LogP contribution is 2.43. The monoisotopic (exact) mass is 357 g/mol. The Morgan fingerprint density at radius 3 is 2.40 bits per heavy atom. The maximum Gasteiger partial charge on any atom is 0.273 e. The summed E-state index contributed by atoms with van der Waals surface area (Å²) >= 11 is 1.39. The number of rotatable bonds is 3. The van der Waals surface area contributed by atoms with Crippen molar-refractivity contribution in [3.63, 3.8) is 0 Å². The average molecular weight is 357 g/mol. The Kier molecular flexibility index (Phi) is 4.05. The Morgan fingerprint density at radius 1 is 1.16 bits per heavy atom. The molecule has 0 unspecified atom stereocenters. The zero-order valence-corrected chi connectivity index (χ0v) is 14.5. The van der Waals surface area contributed by atoms with Crippen LogP contribution >= 0.6 is 11.3 Å². The van der Waals surface area contributed by atoms with Crippen molar-refractivity contribution in [1.29, 1.82) is 0 Å². The molecular formula is C18H19N3O3S. The number of aliphatic hydroxyl groups excluding tert-OH is 1. The number of carbonyl (C=O) groups is 2. The fourth-order valence-electron chi connectivity index (χ4n) is 3.96.